The van der Waals surface area contributed by atoms with Crippen LogP contribution in [0.4, 0.5) is 13.2 Å². The number of rotatable bonds is 5. The first-order chi connectivity index (χ1) is 12.6. The molecule has 0 N–H and O–H groups in total. The summed E-state index contributed by atoms with van der Waals surface area (Å²) in [5.41, 5.74) is -0.152. The van der Waals surface area contributed by atoms with Crippen molar-refractivity contribution in [3.05, 3.63) is 42.1 Å². The molecule has 11 heteroatoms. The van der Waals surface area contributed by atoms with Crippen LogP contribution in [0.2, 0.25) is 0 Å². The zero-order chi connectivity index (χ0) is 19.8. The van der Waals surface area contributed by atoms with E-state index in [1.807, 2.05) is 0 Å². The number of nitrogens with zero attached hydrogens (tertiary/aromatic N) is 3. The van der Waals surface area contributed by atoms with E-state index in [9.17, 15) is 21.6 Å². The van der Waals surface area contributed by atoms with Gasteiger partial charge in [-0.25, -0.2) is 8.42 Å². The molecule has 2 aromatic heterocycles. The highest BCUT2D eigenvalue weighted by molar-refractivity contribution is 7.90. The number of ether oxygens (including phenoxy) is 2. The normalized spacial score (nSPS) is 12.5. The number of benzene rings is 1. The van der Waals surface area contributed by atoms with Gasteiger partial charge in [0.15, 0.2) is 6.79 Å². The van der Waals surface area contributed by atoms with Crippen molar-refractivity contribution in [2.75, 3.05) is 20.2 Å². The van der Waals surface area contributed by atoms with Crippen LogP contribution in [0.3, 0.4) is 0 Å². The molecule has 0 bridgehead atoms. The van der Waals surface area contributed by atoms with E-state index >= 15 is 0 Å². The van der Waals surface area contributed by atoms with Gasteiger partial charge in [-0.15, -0.1) is 10.2 Å². The Morgan fingerprint density at radius 2 is 1.93 bits per heavy atom. The molecular formula is C16H14F3N3O4S. The lowest BCUT2D eigenvalue weighted by Gasteiger charge is -2.15. The summed E-state index contributed by atoms with van der Waals surface area (Å²) in [6, 6.07) is 6.08. The summed E-state index contributed by atoms with van der Waals surface area (Å²) in [6.45, 7) is -0.277. The fraction of sp³-hybridized carbons (Fsp3) is 0.250. The van der Waals surface area contributed by atoms with Crippen molar-refractivity contribution in [2.45, 2.75) is 11.3 Å². The molecule has 0 radical (unpaired) electrons. The molecule has 0 aliphatic carbocycles. The minimum Gasteiger partial charge on any atom is -0.467 e. The van der Waals surface area contributed by atoms with Crippen molar-refractivity contribution in [3.8, 4) is 17.0 Å². The third kappa shape index (κ3) is 3.74. The fourth-order valence-corrected chi connectivity index (χ4v) is 3.22. The smallest absolute Gasteiger partial charge is 0.416 e. The van der Waals surface area contributed by atoms with Gasteiger partial charge in [-0.05, 0) is 30.3 Å². The highest BCUT2D eigenvalue weighted by atomic mass is 32.2. The van der Waals surface area contributed by atoms with Crippen molar-refractivity contribution >= 4 is 15.4 Å². The molecule has 3 rings (SSSR count). The van der Waals surface area contributed by atoms with E-state index in [4.69, 9.17) is 9.47 Å². The summed E-state index contributed by atoms with van der Waals surface area (Å²) in [5, 5.41) is 7.38. The number of methoxy groups -OCH3 is 1. The predicted octanol–water partition coefficient (Wildman–Crippen LogP) is 2.80. The Labute approximate surface area is 152 Å². The highest BCUT2D eigenvalue weighted by Gasteiger charge is 2.32. The molecule has 3 aromatic rings. The molecule has 0 aliphatic heterocycles. The Morgan fingerprint density at radius 1 is 1.19 bits per heavy atom. The van der Waals surface area contributed by atoms with Crippen LogP contribution < -0.4 is 4.74 Å². The van der Waals surface area contributed by atoms with Gasteiger partial charge in [0.05, 0.1) is 11.1 Å². The van der Waals surface area contributed by atoms with E-state index in [-0.39, 0.29) is 29.0 Å². The van der Waals surface area contributed by atoms with Gasteiger partial charge in [0.2, 0.25) is 9.84 Å². The first-order valence-electron chi connectivity index (χ1n) is 7.50. The number of hydrogen-bond donors (Lipinski definition) is 0. The molecule has 27 heavy (non-hydrogen) atoms. The first kappa shape index (κ1) is 19.1. The van der Waals surface area contributed by atoms with Gasteiger partial charge in [0.25, 0.3) is 5.16 Å². The topological polar surface area (TPSA) is 82.8 Å². The SMILES string of the molecule is COCOc1cc(C(F)(F)F)ccc1-c1nnc(S(C)(=O)=O)n2cccc12. The van der Waals surface area contributed by atoms with Crippen molar-refractivity contribution in [2.24, 2.45) is 0 Å². The Bertz CT molecular complexity index is 1090. The van der Waals surface area contributed by atoms with E-state index in [1.54, 1.807) is 12.1 Å². The van der Waals surface area contributed by atoms with Crippen LogP contribution in [-0.4, -0.2) is 43.2 Å². The minimum atomic E-state index is -4.56. The second-order valence-electron chi connectivity index (χ2n) is 5.63. The number of hydrogen-bond acceptors (Lipinski definition) is 6. The molecule has 0 atom stereocenters. The molecule has 0 saturated carbocycles. The molecule has 0 unspecified atom stereocenters. The fourth-order valence-electron chi connectivity index (χ4n) is 2.51. The molecule has 0 aliphatic rings. The Balaban J connectivity index is 2.23. The largest absolute Gasteiger partial charge is 0.467 e. The van der Waals surface area contributed by atoms with Gasteiger partial charge >= 0.3 is 6.18 Å². The van der Waals surface area contributed by atoms with Crippen LogP contribution in [0, 0.1) is 0 Å². The van der Waals surface area contributed by atoms with Gasteiger partial charge in [-0.2, -0.15) is 13.2 Å². The van der Waals surface area contributed by atoms with Gasteiger partial charge < -0.3 is 9.47 Å². The van der Waals surface area contributed by atoms with Crippen LogP contribution in [-0.2, 0) is 20.8 Å². The monoisotopic (exact) mass is 401 g/mol. The standard InChI is InChI=1S/C16H14F3N3O4S/c1-25-9-26-13-8-10(16(17,18)19)5-6-11(13)14-12-4-3-7-22(12)15(21-20-14)27(2,23)24/h3-8H,9H2,1-2H3. The van der Waals surface area contributed by atoms with Crippen molar-refractivity contribution < 1.29 is 31.1 Å². The van der Waals surface area contributed by atoms with E-state index in [1.165, 1.54) is 23.8 Å². The molecule has 1 aromatic carbocycles. The zero-order valence-electron chi connectivity index (χ0n) is 14.2. The van der Waals surface area contributed by atoms with E-state index in [0.717, 1.165) is 18.4 Å². The van der Waals surface area contributed by atoms with Crippen LogP contribution in [0.5, 0.6) is 5.75 Å². The molecule has 2 heterocycles. The quantitative estimate of drug-likeness (QED) is 0.612. The number of aromatic nitrogens is 3. The summed E-state index contributed by atoms with van der Waals surface area (Å²) in [6.07, 6.45) is -2.09. The summed E-state index contributed by atoms with van der Waals surface area (Å²) < 4.78 is 74.2. The second kappa shape index (κ2) is 6.82. The maximum atomic E-state index is 13.0. The minimum absolute atomic E-state index is 0.115. The van der Waals surface area contributed by atoms with Crippen molar-refractivity contribution in [1.82, 2.24) is 14.6 Å². The third-order valence-corrected chi connectivity index (χ3v) is 4.60. The lowest BCUT2D eigenvalue weighted by atomic mass is 10.1. The predicted molar refractivity (Wildman–Crippen MR) is 89.0 cm³/mol. The lowest BCUT2D eigenvalue weighted by Crippen LogP contribution is -2.11. The molecule has 0 saturated heterocycles. The Hall–Kier alpha value is -2.66. The molecule has 144 valence electrons. The third-order valence-electron chi connectivity index (χ3n) is 3.66. The maximum Gasteiger partial charge on any atom is 0.416 e. The molecular weight excluding hydrogens is 387 g/mol. The van der Waals surface area contributed by atoms with Gasteiger partial charge in [0.1, 0.15) is 11.4 Å². The number of halogens is 3. The second-order valence-corrected chi connectivity index (χ2v) is 7.54. The van der Waals surface area contributed by atoms with Crippen LogP contribution in [0.25, 0.3) is 16.8 Å². The Morgan fingerprint density at radius 3 is 2.56 bits per heavy atom. The van der Waals surface area contributed by atoms with Crippen LogP contribution >= 0.6 is 0 Å². The average Bonchev–Trinajstić information content (AvgIpc) is 3.06. The van der Waals surface area contributed by atoms with Gasteiger partial charge in [0, 0.05) is 25.1 Å². The number of sulfone groups is 1. The molecule has 0 spiro atoms. The summed E-state index contributed by atoms with van der Waals surface area (Å²) in [5.74, 6) is -0.115. The van der Waals surface area contributed by atoms with Crippen LogP contribution in [0.15, 0.2) is 41.7 Å². The summed E-state index contributed by atoms with van der Waals surface area (Å²) >= 11 is 0. The first-order valence-corrected chi connectivity index (χ1v) is 9.39. The zero-order valence-corrected chi connectivity index (χ0v) is 15.0. The van der Waals surface area contributed by atoms with Crippen molar-refractivity contribution in [1.29, 1.82) is 0 Å². The number of fused-ring (bicyclic) bond motifs is 1. The van der Waals surface area contributed by atoms with E-state index in [0.29, 0.717) is 5.52 Å². The molecule has 0 amide bonds. The van der Waals surface area contributed by atoms with E-state index in [2.05, 4.69) is 10.2 Å². The molecule has 7 nitrogen and oxygen atoms in total. The van der Waals surface area contributed by atoms with Crippen LogP contribution in [0.1, 0.15) is 5.56 Å². The summed E-state index contributed by atoms with van der Waals surface area (Å²) in [4.78, 5) is 0. The van der Waals surface area contributed by atoms with Crippen molar-refractivity contribution in [3.63, 3.8) is 0 Å². The maximum absolute atomic E-state index is 13.0. The lowest BCUT2D eigenvalue weighted by molar-refractivity contribution is -0.137. The summed E-state index contributed by atoms with van der Waals surface area (Å²) in [7, 11) is -2.33. The van der Waals surface area contributed by atoms with Gasteiger partial charge in [-0.1, -0.05) is 0 Å². The number of alkyl halides is 3. The van der Waals surface area contributed by atoms with Gasteiger partial charge in [-0.3, -0.25) is 4.40 Å². The van der Waals surface area contributed by atoms with E-state index < -0.39 is 21.6 Å². The molecule has 0 fully saturated rings. The highest BCUT2D eigenvalue weighted by Crippen LogP contribution is 2.38. The Kier molecular flexibility index (Phi) is 4.82. The average molecular weight is 401 g/mol.